The molecule has 0 bridgehead atoms. The molecule has 1 aromatic carbocycles. The van der Waals surface area contributed by atoms with Gasteiger partial charge >= 0.3 is 12.1 Å². The number of hydrogen-bond acceptors (Lipinski definition) is 9. The molecule has 13 heteroatoms. The van der Waals surface area contributed by atoms with Gasteiger partial charge in [-0.25, -0.2) is 19.6 Å². The Morgan fingerprint density at radius 2 is 1.93 bits per heavy atom. The van der Waals surface area contributed by atoms with Gasteiger partial charge in [0, 0.05) is 64.1 Å². The van der Waals surface area contributed by atoms with Crippen LogP contribution in [0.1, 0.15) is 28.8 Å². The number of carboxylic acids is 1. The fourth-order valence-electron chi connectivity index (χ4n) is 4.59. The lowest BCUT2D eigenvalue weighted by Gasteiger charge is -2.40. The Labute approximate surface area is 242 Å². The van der Waals surface area contributed by atoms with Crippen LogP contribution in [0, 0.1) is 12.3 Å². The van der Waals surface area contributed by atoms with Crippen molar-refractivity contribution in [2.24, 2.45) is 11.1 Å². The number of anilines is 2. The molecule has 3 aromatic heterocycles. The van der Waals surface area contributed by atoms with E-state index in [-0.39, 0.29) is 18.0 Å². The van der Waals surface area contributed by atoms with Crippen LogP contribution in [-0.2, 0) is 4.79 Å². The number of H-pyrrole nitrogens is 1. The molecule has 1 aliphatic rings. The third-order valence-electron chi connectivity index (χ3n) is 7.11. The second-order valence-electron chi connectivity index (χ2n) is 10.2. The summed E-state index contributed by atoms with van der Waals surface area (Å²) in [4.78, 5) is 54.4. The van der Waals surface area contributed by atoms with Gasteiger partial charge in [0.2, 0.25) is 5.91 Å². The molecule has 42 heavy (non-hydrogen) atoms. The predicted octanol–water partition coefficient (Wildman–Crippen LogP) is 3.29. The monoisotopic (exact) mass is 574 g/mol. The van der Waals surface area contributed by atoms with Crippen molar-refractivity contribution < 1.29 is 24.2 Å². The van der Waals surface area contributed by atoms with Gasteiger partial charge < -0.3 is 35.7 Å². The number of rotatable bonds is 6. The summed E-state index contributed by atoms with van der Waals surface area (Å²) in [6.45, 7) is 3.57. The van der Waals surface area contributed by atoms with E-state index < -0.39 is 17.5 Å². The molecule has 13 nitrogen and oxygen atoms in total. The average molecular weight is 575 g/mol. The van der Waals surface area contributed by atoms with Gasteiger partial charge in [-0.2, -0.15) is 0 Å². The highest BCUT2D eigenvalue weighted by Crippen LogP contribution is 2.36. The maximum atomic E-state index is 13.3. The third-order valence-corrected chi connectivity index (χ3v) is 7.11. The van der Waals surface area contributed by atoms with Gasteiger partial charge in [0.25, 0.3) is 0 Å². The van der Waals surface area contributed by atoms with Crippen LogP contribution in [0.5, 0.6) is 5.75 Å². The molecule has 1 aliphatic heterocycles. The number of ether oxygens (including phenoxy) is 1. The van der Waals surface area contributed by atoms with Gasteiger partial charge in [-0.15, -0.1) is 0 Å². The highest BCUT2D eigenvalue weighted by molar-refractivity contribution is 5.96. The Morgan fingerprint density at radius 3 is 2.55 bits per heavy atom. The minimum Gasteiger partial charge on any atom is -0.478 e. The summed E-state index contributed by atoms with van der Waals surface area (Å²) < 4.78 is 5.29. The van der Waals surface area contributed by atoms with Crippen molar-refractivity contribution in [3.63, 3.8) is 0 Å². The van der Waals surface area contributed by atoms with Crippen LogP contribution in [0.2, 0.25) is 0 Å². The first-order chi connectivity index (χ1) is 20.1. The summed E-state index contributed by atoms with van der Waals surface area (Å²) in [5.74, 6) is 0.160. The van der Waals surface area contributed by atoms with Crippen molar-refractivity contribution in [1.82, 2.24) is 24.8 Å². The Hall–Kier alpha value is -5.04. The Kier molecular flexibility index (Phi) is 9.32. The maximum Gasteiger partial charge on any atom is 0.414 e. The summed E-state index contributed by atoms with van der Waals surface area (Å²) >= 11 is 0. The van der Waals surface area contributed by atoms with E-state index in [1.54, 1.807) is 50.8 Å². The van der Waals surface area contributed by atoms with E-state index in [2.05, 4.69) is 30.2 Å². The lowest BCUT2D eigenvalue weighted by Crippen LogP contribution is -2.50. The molecule has 220 valence electrons. The zero-order valence-corrected chi connectivity index (χ0v) is 23.7. The van der Waals surface area contributed by atoms with Crippen molar-refractivity contribution in [2.45, 2.75) is 19.8 Å². The molecule has 0 aliphatic carbocycles. The number of aromatic nitrogens is 4. The molecule has 5 N–H and O–H groups in total. The minimum atomic E-state index is -0.942. The lowest BCUT2D eigenvalue weighted by atomic mass is 9.77. The molecule has 0 unspecified atom stereocenters. The first kappa shape index (κ1) is 29.9. The molecule has 0 radical (unpaired) electrons. The molecular formula is C29H34N8O5. The zero-order chi connectivity index (χ0) is 30.3. The van der Waals surface area contributed by atoms with Crippen LogP contribution in [0.15, 0.2) is 61.3 Å². The van der Waals surface area contributed by atoms with Crippen molar-refractivity contribution in [3.8, 4) is 5.75 Å². The van der Waals surface area contributed by atoms with Crippen molar-refractivity contribution in [2.75, 3.05) is 43.9 Å². The summed E-state index contributed by atoms with van der Waals surface area (Å²) in [5, 5.41) is 12.3. The lowest BCUT2D eigenvalue weighted by molar-refractivity contribution is -0.126. The van der Waals surface area contributed by atoms with Crippen LogP contribution in [0.3, 0.4) is 0 Å². The Balaban J connectivity index is 0.000000385. The van der Waals surface area contributed by atoms with E-state index in [1.807, 2.05) is 13.1 Å². The van der Waals surface area contributed by atoms with Crippen LogP contribution < -0.4 is 20.7 Å². The number of amides is 2. The van der Waals surface area contributed by atoms with E-state index in [0.717, 1.165) is 22.4 Å². The van der Waals surface area contributed by atoms with Crippen LogP contribution >= 0.6 is 0 Å². The number of piperidine rings is 1. The minimum absolute atomic E-state index is 0.133. The quantitative estimate of drug-likeness (QED) is 0.267. The van der Waals surface area contributed by atoms with Gasteiger partial charge in [0.15, 0.2) is 0 Å². The number of carboxylic acid groups (broad SMARTS) is 1. The standard InChI is InChI=1S/C23H29N7O3.C6H5NO2/c1-15-12-25-19-18(15)20(27-14-26-19)30-9-7-23(13-24,8-10-30)21(31)28-16-5-4-6-17(11-16)33-22(32)29(2)3;8-6(9)5-2-1-3-7-4-5/h4-6,11-12,14H,7-10,13,24H2,1-3H3,(H,28,31)(H,25,26,27);1-4H,(H,8,9). The first-order valence-corrected chi connectivity index (χ1v) is 13.3. The van der Waals surface area contributed by atoms with Gasteiger partial charge in [0.05, 0.1) is 16.4 Å². The SMILES string of the molecule is Cc1c[nH]c2ncnc(N3CCC(CN)(C(=O)Nc4cccc(OC(=O)N(C)C)c4)CC3)c12.O=C(O)c1cccnc1. The Bertz CT molecular complexity index is 1550. The number of aromatic carboxylic acids is 1. The van der Waals surface area contributed by atoms with Crippen LogP contribution in [-0.4, -0.2) is 81.6 Å². The van der Waals surface area contributed by atoms with Gasteiger partial charge in [-0.05, 0) is 49.6 Å². The van der Waals surface area contributed by atoms with Gasteiger partial charge in [-0.1, -0.05) is 6.07 Å². The van der Waals surface area contributed by atoms with Crippen molar-refractivity contribution >= 4 is 40.5 Å². The fraction of sp³-hybridized carbons (Fsp3) is 0.310. The molecule has 0 atom stereocenters. The number of nitrogens with zero attached hydrogens (tertiary/aromatic N) is 5. The fourth-order valence-corrected chi connectivity index (χ4v) is 4.59. The largest absolute Gasteiger partial charge is 0.478 e. The van der Waals surface area contributed by atoms with Crippen LogP contribution in [0.25, 0.3) is 11.0 Å². The summed E-state index contributed by atoms with van der Waals surface area (Å²) in [6, 6.07) is 9.87. The van der Waals surface area contributed by atoms with E-state index in [9.17, 15) is 14.4 Å². The normalized spacial score (nSPS) is 14.0. The number of nitrogens with one attached hydrogen (secondary N) is 2. The topological polar surface area (TPSA) is 180 Å². The molecule has 2 amide bonds. The van der Waals surface area contributed by atoms with E-state index >= 15 is 0 Å². The van der Waals surface area contributed by atoms with E-state index in [4.69, 9.17) is 15.6 Å². The number of nitrogens with two attached hydrogens (primary N) is 1. The molecule has 0 saturated carbocycles. The second kappa shape index (κ2) is 13.1. The number of benzene rings is 1. The van der Waals surface area contributed by atoms with E-state index in [0.29, 0.717) is 37.4 Å². The number of pyridine rings is 1. The average Bonchev–Trinajstić information content (AvgIpc) is 3.39. The van der Waals surface area contributed by atoms with Crippen LogP contribution in [0.4, 0.5) is 16.3 Å². The summed E-state index contributed by atoms with van der Waals surface area (Å²) in [5.41, 5.74) is 8.10. The summed E-state index contributed by atoms with van der Waals surface area (Å²) in [6.07, 6.45) is 7.03. The van der Waals surface area contributed by atoms with Crippen molar-refractivity contribution in [3.05, 3.63) is 72.4 Å². The number of fused-ring (bicyclic) bond motifs is 1. The van der Waals surface area contributed by atoms with E-state index in [1.165, 1.54) is 23.4 Å². The number of carbonyl (C=O) groups excluding carboxylic acids is 2. The molecule has 5 rings (SSSR count). The van der Waals surface area contributed by atoms with Crippen molar-refractivity contribution in [1.29, 1.82) is 0 Å². The Morgan fingerprint density at radius 1 is 1.17 bits per heavy atom. The second-order valence-corrected chi connectivity index (χ2v) is 10.2. The maximum absolute atomic E-state index is 13.3. The predicted molar refractivity (Wildman–Crippen MR) is 158 cm³/mol. The number of aromatic amines is 1. The summed E-state index contributed by atoms with van der Waals surface area (Å²) in [7, 11) is 3.21. The molecule has 1 saturated heterocycles. The molecular weight excluding hydrogens is 540 g/mol. The smallest absolute Gasteiger partial charge is 0.414 e. The number of hydrogen-bond donors (Lipinski definition) is 4. The zero-order valence-electron chi connectivity index (χ0n) is 23.7. The number of aryl methyl sites for hydroxylation is 1. The number of carbonyl (C=O) groups is 3. The highest BCUT2D eigenvalue weighted by Gasteiger charge is 2.41. The van der Waals surface area contributed by atoms with Gasteiger partial charge in [0.1, 0.15) is 23.5 Å². The third kappa shape index (κ3) is 6.81. The molecule has 1 fully saturated rings. The highest BCUT2D eigenvalue weighted by atomic mass is 16.6. The first-order valence-electron chi connectivity index (χ1n) is 13.3. The molecule has 4 heterocycles. The van der Waals surface area contributed by atoms with Gasteiger partial charge in [-0.3, -0.25) is 9.78 Å². The molecule has 0 spiro atoms. The molecule has 4 aromatic rings.